The van der Waals surface area contributed by atoms with Crippen molar-refractivity contribution in [2.45, 2.75) is 11.8 Å². The lowest BCUT2D eigenvalue weighted by atomic mass is 10.2. The third-order valence-corrected chi connectivity index (χ3v) is 7.09. The summed E-state index contributed by atoms with van der Waals surface area (Å²) in [6.07, 6.45) is 0. The number of hydrogen-bond acceptors (Lipinski definition) is 5. The molecule has 174 valence electrons. The quantitative estimate of drug-likeness (QED) is 0.475. The highest BCUT2D eigenvalue weighted by Crippen LogP contribution is 2.30. The maximum atomic E-state index is 13.1. The van der Waals surface area contributed by atoms with Gasteiger partial charge in [-0.2, -0.15) is 0 Å². The maximum absolute atomic E-state index is 13.1. The molecule has 0 N–H and O–H groups in total. The second-order valence-electron chi connectivity index (χ2n) is 7.51. The first-order chi connectivity index (χ1) is 15.8. The number of para-hydroxylation sites is 3. The lowest BCUT2D eigenvalue weighted by Crippen LogP contribution is -2.31. The molecule has 1 amide bonds. The highest BCUT2D eigenvalue weighted by molar-refractivity contribution is 7.92. The molecule has 3 aromatic carbocycles. The number of ether oxygens (including phenoxy) is 2. The Bertz CT molecular complexity index is 1210. The molecular formula is C25H28N2O5S. The fourth-order valence-electron chi connectivity index (χ4n) is 3.28. The van der Waals surface area contributed by atoms with Gasteiger partial charge < -0.3 is 14.4 Å². The highest BCUT2D eigenvalue weighted by atomic mass is 32.2. The van der Waals surface area contributed by atoms with Crippen LogP contribution in [0.2, 0.25) is 0 Å². The van der Waals surface area contributed by atoms with Crippen LogP contribution in [0.5, 0.6) is 11.5 Å². The summed E-state index contributed by atoms with van der Waals surface area (Å²) in [5, 5.41) is 0. The van der Waals surface area contributed by atoms with Crippen LogP contribution in [0, 0.1) is 6.92 Å². The van der Waals surface area contributed by atoms with Gasteiger partial charge in [0.25, 0.3) is 15.9 Å². The molecule has 0 saturated heterocycles. The molecule has 33 heavy (non-hydrogen) atoms. The van der Waals surface area contributed by atoms with Crippen molar-refractivity contribution in [3.63, 3.8) is 0 Å². The standard InChI is InChI=1S/C25H28N2O5S/c1-19-9-5-7-11-23(19)32-18-17-26(2)25(28)20-13-15-21(16-14-20)33(29,30)27(3)22-10-6-8-12-24(22)31-4/h5-16H,17-18H2,1-4H3. The van der Waals surface area contributed by atoms with Crippen LogP contribution in [0.3, 0.4) is 0 Å². The number of amides is 1. The average molecular weight is 469 g/mol. The van der Waals surface area contributed by atoms with E-state index in [-0.39, 0.29) is 10.8 Å². The summed E-state index contributed by atoms with van der Waals surface area (Å²) < 4.78 is 38.4. The second kappa shape index (κ2) is 10.4. The van der Waals surface area contributed by atoms with E-state index in [4.69, 9.17) is 9.47 Å². The first-order valence-electron chi connectivity index (χ1n) is 10.4. The van der Waals surface area contributed by atoms with E-state index >= 15 is 0 Å². The number of nitrogens with zero attached hydrogens (tertiary/aromatic N) is 2. The molecule has 3 rings (SSSR count). The van der Waals surface area contributed by atoms with Crippen molar-refractivity contribution in [3.05, 3.63) is 83.9 Å². The Balaban J connectivity index is 1.67. The smallest absolute Gasteiger partial charge is 0.264 e. The Labute approximate surface area is 195 Å². The number of anilines is 1. The van der Waals surface area contributed by atoms with Crippen molar-refractivity contribution in [1.82, 2.24) is 4.90 Å². The van der Waals surface area contributed by atoms with Crippen molar-refractivity contribution in [1.29, 1.82) is 0 Å². The first kappa shape index (κ1) is 24.1. The molecule has 0 aliphatic carbocycles. The minimum Gasteiger partial charge on any atom is -0.495 e. The van der Waals surface area contributed by atoms with Gasteiger partial charge >= 0.3 is 0 Å². The number of rotatable bonds is 9. The number of hydrogen-bond donors (Lipinski definition) is 0. The van der Waals surface area contributed by atoms with Crippen molar-refractivity contribution in [2.24, 2.45) is 0 Å². The SMILES string of the molecule is COc1ccccc1N(C)S(=O)(=O)c1ccc(C(=O)N(C)CCOc2ccccc2C)cc1. The molecule has 0 aromatic heterocycles. The Morgan fingerprint density at radius 3 is 2.12 bits per heavy atom. The summed E-state index contributed by atoms with van der Waals surface area (Å²) in [4.78, 5) is 14.4. The van der Waals surface area contributed by atoms with Gasteiger partial charge in [-0.05, 0) is 55.0 Å². The summed E-state index contributed by atoms with van der Waals surface area (Å²) in [5.74, 6) is 1.02. The molecule has 0 unspecified atom stereocenters. The van der Waals surface area contributed by atoms with Crippen molar-refractivity contribution < 1.29 is 22.7 Å². The van der Waals surface area contributed by atoms with Crippen LogP contribution in [0.1, 0.15) is 15.9 Å². The van der Waals surface area contributed by atoms with E-state index in [1.165, 1.54) is 38.4 Å². The van der Waals surface area contributed by atoms with Gasteiger partial charge in [-0.3, -0.25) is 9.10 Å². The number of benzene rings is 3. The number of aryl methyl sites for hydroxylation is 1. The van der Waals surface area contributed by atoms with Crippen molar-refractivity contribution in [3.8, 4) is 11.5 Å². The van der Waals surface area contributed by atoms with Crippen LogP contribution in [-0.4, -0.2) is 53.6 Å². The predicted molar refractivity (Wildman–Crippen MR) is 129 cm³/mol. The Hall–Kier alpha value is -3.52. The zero-order chi connectivity index (χ0) is 24.0. The summed E-state index contributed by atoms with van der Waals surface area (Å²) in [6.45, 7) is 2.71. The number of likely N-dealkylation sites (N-methyl/N-ethyl adjacent to an activating group) is 1. The van der Waals surface area contributed by atoms with E-state index in [0.29, 0.717) is 30.2 Å². The largest absolute Gasteiger partial charge is 0.495 e. The van der Waals surface area contributed by atoms with E-state index in [1.54, 1.807) is 36.2 Å². The van der Waals surface area contributed by atoms with Crippen LogP contribution in [0.4, 0.5) is 5.69 Å². The van der Waals surface area contributed by atoms with Gasteiger partial charge in [0.2, 0.25) is 0 Å². The van der Waals surface area contributed by atoms with Gasteiger partial charge in [0.05, 0.1) is 24.2 Å². The van der Waals surface area contributed by atoms with Crippen LogP contribution < -0.4 is 13.8 Å². The van der Waals surface area contributed by atoms with Crippen molar-refractivity contribution >= 4 is 21.6 Å². The third-order valence-electron chi connectivity index (χ3n) is 5.31. The number of carbonyl (C=O) groups excluding carboxylic acids is 1. The summed E-state index contributed by atoms with van der Waals surface area (Å²) >= 11 is 0. The molecule has 0 aliphatic heterocycles. The molecule has 0 atom stereocenters. The highest BCUT2D eigenvalue weighted by Gasteiger charge is 2.24. The number of sulfonamides is 1. The lowest BCUT2D eigenvalue weighted by molar-refractivity contribution is 0.0773. The van der Waals surface area contributed by atoms with Crippen LogP contribution in [-0.2, 0) is 10.0 Å². The van der Waals surface area contributed by atoms with E-state index in [0.717, 1.165) is 15.6 Å². The zero-order valence-electron chi connectivity index (χ0n) is 19.2. The fraction of sp³-hybridized carbons (Fsp3) is 0.240. The molecule has 0 aliphatic rings. The maximum Gasteiger partial charge on any atom is 0.264 e. The Kier molecular flexibility index (Phi) is 7.60. The molecule has 0 fully saturated rings. The molecule has 7 nitrogen and oxygen atoms in total. The van der Waals surface area contributed by atoms with Crippen LogP contribution >= 0.6 is 0 Å². The molecule has 0 heterocycles. The van der Waals surface area contributed by atoms with E-state index in [9.17, 15) is 13.2 Å². The summed E-state index contributed by atoms with van der Waals surface area (Å²) in [7, 11) is 0.811. The van der Waals surface area contributed by atoms with Gasteiger partial charge in [-0.1, -0.05) is 30.3 Å². The molecular weight excluding hydrogens is 440 g/mol. The minimum atomic E-state index is -3.83. The summed E-state index contributed by atoms with van der Waals surface area (Å²) in [5.41, 5.74) is 1.85. The average Bonchev–Trinajstić information content (AvgIpc) is 2.84. The molecule has 8 heteroatoms. The van der Waals surface area contributed by atoms with Gasteiger partial charge in [0, 0.05) is 19.7 Å². The molecule has 0 bridgehead atoms. The van der Waals surface area contributed by atoms with Gasteiger partial charge in [0.1, 0.15) is 18.1 Å². The van der Waals surface area contributed by atoms with Crippen molar-refractivity contribution in [2.75, 3.05) is 38.7 Å². The summed E-state index contributed by atoms with van der Waals surface area (Å²) in [6, 6.07) is 20.5. The van der Waals surface area contributed by atoms with E-state index in [1.807, 2.05) is 31.2 Å². The van der Waals surface area contributed by atoms with E-state index in [2.05, 4.69) is 0 Å². The number of carbonyl (C=O) groups is 1. The molecule has 0 spiro atoms. The van der Waals surface area contributed by atoms with Gasteiger partial charge in [0.15, 0.2) is 0 Å². The Morgan fingerprint density at radius 2 is 1.48 bits per heavy atom. The first-order valence-corrected chi connectivity index (χ1v) is 11.9. The monoisotopic (exact) mass is 468 g/mol. The normalized spacial score (nSPS) is 11.0. The molecule has 0 radical (unpaired) electrons. The lowest BCUT2D eigenvalue weighted by Gasteiger charge is -2.22. The van der Waals surface area contributed by atoms with Gasteiger partial charge in [-0.15, -0.1) is 0 Å². The van der Waals surface area contributed by atoms with Crippen LogP contribution in [0.15, 0.2) is 77.7 Å². The second-order valence-corrected chi connectivity index (χ2v) is 9.48. The van der Waals surface area contributed by atoms with Gasteiger partial charge in [-0.25, -0.2) is 8.42 Å². The van der Waals surface area contributed by atoms with Crippen LogP contribution in [0.25, 0.3) is 0 Å². The van der Waals surface area contributed by atoms with E-state index < -0.39 is 10.0 Å². The Morgan fingerprint density at radius 1 is 0.879 bits per heavy atom. The number of methoxy groups -OCH3 is 1. The zero-order valence-corrected chi connectivity index (χ0v) is 20.0. The minimum absolute atomic E-state index is 0.0815. The fourth-order valence-corrected chi connectivity index (χ4v) is 4.49. The topological polar surface area (TPSA) is 76.2 Å². The third kappa shape index (κ3) is 5.46. The predicted octanol–water partition coefficient (Wildman–Crippen LogP) is 3.98. The molecule has 3 aromatic rings. The molecule has 0 saturated carbocycles.